The molecule has 1 heterocycles. The number of nitrogens with two attached hydrogens (primary N) is 1. The van der Waals surface area contributed by atoms with Gasteiger partial charge in [0.1, 0.15) is 23.9 Å². The first-order valence-electron chi connectivity index (χ1n) is 11.3. The Morgan fingerprint density at radius 3 is 2.17 bits per heavy atom. The van der Waals surface area contributed by atoms with Crippen LogP contribution in [0.25, 0.3) is 0 Å². The lowest BCUT2D eigenvalue weighted by atomic mass is 10.0. The van der Waals surface area contributed by atoms with E-state index in [0.717, 1.165) is 4.90 Å². The molecule has 1 aromatic carbocycles. The van der Waals surface area contributed by atoms with Gasteiger partial charge in [-0.15, -0.1) is 0 Å². The molecular formula is C23H32N4O8. The minimum atomic E-state index is -1.53. The van der Waals surface area contributed by atoms with E-state index in [4.69, 9.17) is 5.73 Å². The summed E-state index contributed by atoms with van der Waals surface area (Å²) in [5.74, 6) is -5.05. The molecule has 1 aliphatic heterocycles. The van der Waals surface area contributed by atoms with Gasteiger partial charge in [-0.3, -0.25) is 19.2 Å². The second-order valence-electron chi connectivity index (χ2n) is 8.89. The first kappa shape index (κ1) is 27.6. The molecule has 4 unspecified atom stereocenters. The van der Waals surface area contributed by atoms with Gasteiger partial charge in [0.2, 0.25) is 17.7 Å². The number of rotatable bonds is 11. The molecule has 0 aliphatic carbocycles. The Hall–Kier alpha value is -3.67. The van der Waals surface area contributed by atoms with Crippen molar-refractivity contribution >= 4 is 29.7 Å². The molecule has 1 aromatic rings. The summed E-state index contributed by atoms with van der Waals surface area (Å²) < 4.78 is 0. The van der Waals surface area contributed by atoms with Gasteiger partial charge in [-0.05, 0) is 36.5 Å². The molecule has 0 aromatic heterocycles. The Kier molecular flexibility index (Phi) is 9.58. The smallest absolute Gasteiger partial charge is 0.326 e. The van der Waals surface area contributed by atoms with Crippen LogP contribution in [0, 0.1) is 5.92 Å². The SMILES string of the molecule is CC(C)C(N)C(=O)NC(Cc1ccc(O)cc1)C(=O)NC(CC(=O)O)C(=O)N1CCCC1C(=O)O. The predicted octanol–water partition coefficient (Wildman–Crippen LogP) is -0.562. The molecule has 0 spiro atoms. The molecule has 1 aliphatic rings. The highest BCUT2D eigenvalue weighted by Gasteiger charge is 2.39. The first-order valence-corrected chi connectivity index (χ1v) is 11.3. The third kappa shape index (κ3) is 7.67. The zero-order valence-corrected chi connectivity index (χ0v) is 19.6. The number of aromatic hydroxyl groups is 1. The maximum Gasteiger partial charge on any atom is 0.326 e. The summed E-state index contributed by atoms with van der Waals surface area (Å²) >= 11 is 0. The van der Waals surface area contributed by atoms with Crippen molar-refractivity contribution in [2.45, 2.75) is 63.7 Å². The van der Waals surface area contributed by atoms with Gasteiger partial charge >= 0.3 is 11.9 Å². The van der Waals surface area contributed by atoms with Crippen molar-refractivity contribution in [3.63, 3.8) is 0 Å². The molecule has 192 valence electrons. The summed E-state index contributed by atoms with van der Waals surface area (Å²) in [4.78, 5) is 62.7. The highest BCUT2D eigenvalue weighted by Crippen LogP contribution is 2.19. The lowest BCUT2D eigenvalue weighted by molar-refractivity contribution is -0.150. The van der Waals surface area contributed by atoms with Crippen LogP contribution in [0.3, 0.4) is 0 Å². The Bertz CT molecular complexity index is 949. The van der Waals surface area contributed by atoms with E-state index >= 15 is 0 Å². The third-order valence-electron chi connectivity index (χ3n) is 5.84. The topological polar surface area (TPSA) is 199 Å². The lowest BCUT2D eigenvalue weighted by Crippen LogP contribution is -2.58. The number of aliphatic carboxylic acids is 2. The molecule has 3 amide bonds. The number of benzene rings is 1. The predicted molar refractivity (Wildman–Crippen MR) is 123 cm³/mol. The number of hydrogen-bond donors (Lipinski definition) is 6. The van der Waals surface area contributed by atoms with Crippen molar-refractivity contribution in [3.8, 4) is 5.75 Å². The van der Waals surface area contributed by atoms with E-state index in [2.05, 4.69) is 10.6 Å². The maximum atomic E-state index is 13.2. The molecule has 35 heavy (non-hydrogen) atoms. The fourth-order valence-electron chi connectivity index (χ4n) is 3.78. The van der Waals surface area contributed by atoms with E-state index in [1.165, 1.54) is 12.1 Å². The van der Waals surface area contributed by atoms with Gasteiger partial charge in [-0.1, -0.05) is 26.0 Å². The van der Waals surface area contributed by atoms with Gasteiger partial charge in [-0.2, -0.15) is 0 Å². The number of amides is 3. The van der Waals surface area contributed by atoms with E-state index in [-0.39, 0.29) is 31.1 Å². The van der Waals surface area contributed by atoms with Crippen molar-refractivity contribution in [2.75, 3.05) is 6.54 Å². The van der Waals surface area contributed by atoms with E-state index in [1.54, 1.807) is 26.0 Å². The van der Waals surface area contributed by atoms with Gasteiger partial charge in [0.15, 0.2) is 0 Å². The molecule has 0 saturated carbocycles. The Morgan fingerprint density at radius 1 is 1.03 bits per heavy atom. The van der Waals surface area contributed by atoms with Crippen LogP contribution in [0.5, 0.6) is 5.75 Å². The van der Waals surface area contributed by atoms with Gasteiger partial charge < -0.3 is 36.6 Å². The van der Waals surface area contributed by atoms with Crippen molar-refractivity contribution in [1.29, 1.82) is 0 Å². The van der Waals surface area contributed by atoms with E-state index < -0.39 is 60.2 Å². The summed E-state index contributed by atoms with van der Waals surface area (Å²) in [5, 5.41) is 33.1. The summed E-state index contributed by atoms with van der Waals surface area (Å²) in [6, 6.07) is 1.14. The van der Waals surface area contributed by atoms with E-state index in [0.29, 0.717) is 12.0 Å². The minimum absolute atomic E-state index is 0.00586. The van der Waals surface area contributed by atoms with Crippen LogP contribution in [-0.2, 0) is 30.4 Å². The van der Waals surface area contributed by atoms with Crippen molar-refractivity contribution < 1.29 is 39.3 Å². The number of likely N-dealkylation sites (tertiary alicyclic amines) is 1. The van der Waals surface area contributed by atoms with Crippen molar-refractivity contribution in [2.24, 2.45) is 11.7 Å². The molecule has 2 rings (SSSR count). The fraction of sp³-hybridized carbons (Fsp3) is 0.522. The normalized spacial score (nSPS) is 17.9. The van der Waals surface area contributed by atoms with Crippen molar-refractivity contribution in [3.05, 3.63) is 29.8 Å². The monoisotopic (exact) mass is 492 g/mol. The second-order valence-corrected chi connectivity index (χ2v) is 8.89. The zero-order chi connectivity index (χ0) is 26.3. The fourth-order valence-corrected chi connectivity index (χ4v) is 3.78. The highest BCUT2D eigenvalue weighted by molar-refractivity contribution is 5.96. The Balaban J connectivity index is 2.27. The first-order chi connectivity index (χ1) is 16.4. The van der Waals surface area contributed by atoms with E-state index in [9.17, 15) is 39.3 Å². The van der Waals surface area contributed by atoms with Crippen LogP contribution < -0.4 is 16.4 Å². The number of phenolic OH excluding ortho intramolecular Hbond substituents is 1. The maximum absolute atomic E-state index is 13.2. The van der Waals surface area contributed by atoms with E-state index in [1.807, 2.05) is 0 Å². The molecule has 7 N–H and O–H groups in total. The number of carbonyl (C=O) groups excluding carboxylic acids is 3. The van der Waals surface area contributed by atoms with Crippen LogP contribution in [0.1, 0.15) is 38.7 Å². The van der Waals surface area contributed by atoms with Crippen LogP contribution in [0.15, 0.2) is 24.3 Å². The number of carbonyl (C=O) groups is 5. The molecule has 12 heteroatoms. The molecule has 1 saturated heterocycles. The molecule has 4 atom stereocenters. The molecule has 0 bridgehead atoms. The van der Waals surface area contributed by atoms with Crippen LogP contribution >= 0.6 is 0 Å². The molecule has 1 fully saturated rings. The molecule has 12 nitrogen and oxygen atoms in total. The van der Waals surface area contributed by atoms with Crippen LogP contribution in [0.2, 0.25) is 0 Å². The van der Waals surface area contributed by atoms with Gasteiger partial charge in [0, 0.05) is 13.0 Å². The average molecular weight is 493 g/mol. The number of hydrogen-bond acceptors (Lipinski definition) is 7. The van der Waals surface area contributed by atoms with Crippen LogP contribution in [-0.4, -0.2) is 80.6 Å². The highest BCUT2D eigenvalue weighted by atomic mass is 16.4. The third-order valence-corrected chi connectivity index (χ3v) is 5.84. The van der Waals surface area contributed by atoms with Crippen LogP contribution in [0.4, 0.5) is 0 Å². The minimum Gasteiger partial charge on any atom is -0.508 e. The Labute approximate surface area is 202 Å². The second kappa shape index (κ2) is 12.2. The van der Waals surface area contributed by atoms with Crippen molar-refractivity contribution in [1.82, 2.24) is 15.5 Å². The number of nitrogens with one attached hydrogen (secondary N) is 2. The summed E-state index contributed by atoms with van der Waals surface area (Å²) in [5.41, 5.74) is 6.47. The quantitative estimate of drug-likeness (QED) is 0.234. The Morgan fingerprint density at radius 2 is 1.63 bits per heavy atom. The zero-order valence-electron chi connectivity index (χ0n) is 19.6. The summed E-state index contributed by atoms with van der Waals surface area (Å²) in [6.45, 7) is 3.59. The van der Waals surface area contributed by atoms with Gasteiger partial charge in [0.25, 0.3) is 0 Å². The molecular weight excluding hydrogens is 460 g/mol. The molecule has 0 radical (unpaired) electrons. The van der Waals surface area contributed by atoms with Gasteiger partial charge in [-0.25, -0.2) is 4.79 Å². The standard InChI is InChI=1S/C23H32N4O8/c1-12(2)19(24)21(32)25-15(10-13-5-7-14(28)8-6-13)20(31)26-16(11-18(29)30)22(33)27-9-3-4-17(27)23(34)35/h5-8,12,15-17,19,28H,3-4,9-11,24H2,1-2H3,(H,25,32)(H,26,31)(H,29,30)(H,34,35). The summed E-state index contributed by atoms with van der Waals surface area (Å²) in [6.07, 6.45) is -0.137. The lowest BCUT2D eigenvalue weighted by Gasteiger charge is -2.28. The number of nitrogens with zero attached hydrogens (tertiary/aromatic N) is 1. The summed E-state index contributed by atoms with van der Waals surface area (Å²) in [7, 11) is 0. The largest absolute Gasteiger partial charge is 0.508 e. The number of carboxylic acid groups (broad SMARTS) is 2. The van der Waals surface area contributed by atoms with Gasteiger partial charge in [0.05, 0.1) is 12.5 Å². The average Bonchev–Trinajstić information content (AvgIpc) is 3.28. The number of phenols is 1. The number of carboxylic acids is 2.